The maximum absolute atomic E-state index is 10.4. The topological polar surface area (TPSA) is 41.8 Å². The zero-order valence-corrected chi connectivity index (χ0v) is 10.7. The van der Waals surface area contributed by atoms with Crippen LogP contribution in [0.4, 0.5) is 0 Å². The minimum atomic E-state index is -1.31. The minimum Gasteiger partial charge on any atom is -0.359 e. The van der Waals surface area contributed by atoms with E-state index in [0.717, 1.165) is 16.8 Å². The Kier molecular flexibility index (Phi) is 2.84. The third kappa shape index (κ3) is 2.13. The van der Waals surface area contributed by atoms with Crippen molar-refractivity contribution < 1.29 is 9.94 Å². The number of benzene rings is 2. The van der Waals surface area contributed by atoms with E-state index in [2.05, 4.69) is 5.16 Å². The lowest BCUT2D eigenvalue weighted by Gasteiger charge is -2.24. The van der Waals surface area contributed by atoms with Gasteiger partial charge in [-0.3, -0.25) is 0 Å². The maximum Gasteiger partial charge on any atom is 0.244 e. The standard InChI is InChI=1S/C16H15NO2/c1-16(18)14(12-8-4-2-5-9-12)15(17-19-16)13-10-6-3-7-11-13/h2-11,14,18H,1H3/t14-,16-/m1/s1. The largest absolute Gasteiger partial charge is 0.359 e. The fourth-order valence-corrected chi connectivity index (χ4v) is 2.44. The highest BCUT2D eigenvalue weighted by molar-refractivity contribution is 6.06. The minimum absolute atomic E-state index is 0.281. The molecular formula is C16H15NO2. The van der Waals surface area contributed by atoms with Crippen LogP contribution in [0.15, 0.2) is 65.8 Å². The van der Waals surface area contributed by atoms with Crippen molar-refractivity contribution in [2.24, 2.45) is 5.16 Å². The van der Waals surface area contributed by atoms with Gasteiger partial charge in [-0.05, 0) is 5.56 Å². The molecular weight excluding hydrogens is 238 g/mol. The predicted octanol–water partition coefficient (Wildman–Crippen LogP) is 2.91. The summed E-state index contributed by atoms with van der Waals surface area (Å²) >= 11 is 0. The molecule has 0 saturated carbocycles. The van der Waals surface area contributed by atoms with E-state index in [1.807, 2.05) is 60.7 Å². The predicted molar refractivity (Wildman–Crippen MR) is 73.9 cm³/mol. The normalized spacial score (nSPS) is 25.8. The number of oxime groups is 1. The van der Waals surface area contributed by atoms with E-state index in [1.165, 1.54) is 0 Å². The number of hydrogen-bond donors (Lipinski definition) is 1. The van der Waals surface area contributed by atoms with E-state index in [1.54, 1.807) is 6.92 Å². The van der Waals surface area contributed by atoms with Crippen LogP contribution >= 0.6 is 0 Å². The van der Waals surface area contributed by atoms with Gasteiger partial charge in [-0.15, -0.1) is 0 Å². The van der Waals surface area contributed by atoms with E-state index in [4.69, 9.17) is 4.84 Å². The Morgan fingerprint density at radius 3 is 2.21 bits per heavy atom. The summed E-state index contributed by atoms with van der Waals surface area (Å²) in [6.45, 7) is 1.64. The number of hydrogen-bond acceptors (Lipinski definition) is 3. The van der Waals surface area contributed by atoms with Gasteiger partial charge in [-0.25, -0.2) is 0 Å². The van der Waals surface area contributed by atoms with Crippen molar-refractivity contribution in [2.75, 3.05) is 0 Å². The molecule has 0 fully saturated rings. The summed E-state index contributed by atoms with van der Waals surface area (Å²) in [7, 11) is 0. The first-order chi connectivity index (χ1) is 9.18. The van der Waals surface area contributed by atoms with Crippen LogP contribution in [0.3, 0.4) is 0 Å². The van der Waals surface area contributed by atoms with Gasteiger partial charge < -0.3 is 9.94 Å². The van der Waals surface area contributed by atoms with Crippen molar-refractivity contribution in [1.29, 1.82) is 0 Å². The Hall–Kier alpha value is -2.13. The summed E-state index contributed by atoms with van der Waals surface area (Å²) in [5, 5.41) is 14.5. The van der Waals surface area contributed by atoms with Crippen LogP contribution in [0.5, 0.6) is 0 Å². The van der Waals surface area contributed by atoms with Crippen molar-refractivity contribution in [3.63, 3.8) is 0 Å². The van der Waals surface area contributed by atoms with E-state index >= 15 is 0 Å². The van der Waals surface area contributed by atoms with Gasteiger partial charge in [0.05, 0.1) is 5.92 Å². The molecule has 2 atom stereocenters. The monoisotopic (exact) mass is 253 g/mol. The van der Waals surface area contributed by atoms with Gasteiger partial charge >= 0.3 is 0 Å². The second kappa shape index (κ2) is 4.52. The summed E-state index contributed by atoms with van der Waals surface area (Å²) in [6, 6.07) is 19.6. The Morgan fingerprint density at radius 2 is 1.58 bits per heavy atom. The lowest BCUT2D eigenvalue weighted by atomic mass is 9.85. The van der Waals surface area contributed by atoms with Crippen LogP contribution in [-0.2, 0) is 4.84 Å². The Morgan fingerprint density at radius 1 is 1.00 bits per heavy atom. The molecule has 2 aromatic rings. The fraction of sp³-hybridized carbons (Fsp3) is 0.188. The molecule has 1 aliphatic heterocycles. The second-order valence-electron chi connectivity index (χ2n) is 4.83. The molecule has 19 heavy (non-hydrogen) atoms. The summed E-state index contributed by atoms with van der Waals surface area (Å²) < 4.78 is 0. The third-order valence-electron chi connectivity index (χ3n) is 3.34. The van der Waals surface area contributed by atoms with Gasteiger partial charge in [-0.1, -0.05) is 65.8 Å². The van der Waals surface area contributed by atoms with Crippen LogP contribution in [0, 0.1) is 0 Å². The number of rotatable bonds is 2. The quantitative estimate of drug-likeness (QED) is 0.894. The van der Waals surface area contributed by atoms with Gasteiger partial charge in [-0.2, -0.15) is 0 Å². The molecule has 0 radical (unpaired) electrons. The first kappa shape index (κ1) is 11.9. The molecule has 3 heteroatoms. The third-order valence-corrected chi connectivity index (χ3v) is 3.34. The second-order valence-corrected chi connectivity index (χ2v) is 4.83. The summed E-state index contributed by atoms with van der Waals surface area (Å²) in [5.41, 5.74) is 2.72. The maximum atomic E-state index is 10.4. The van der Waals surface area contributed by atoms with Gasteiger partial charge in [0.2, 0.25) is 5.79 Å². The molecule has 1 heterocycles. The average Bonchev–Trinajstić information content (AvgIpc) is 2.76. The lowest BCUT2D eigenvalue weighted by Crippen LogP contribution is -2.33. The van der Waals surface area contributed by atoms with Crippen LogP contribution < -0.4 is 0 Å². The molecule has 0 bridgehead atoms. The Labute approximate surface area is 112 Å². The molecule has 0 spiro atoms. The molecule has 0 saturated heterocycles. The zero-order chi connectivity index (χ0) is 13.3. The van der Waals surface area contributed by atoms with Crippen LogP contribution in [0.1, 0.15) is 24.0 Å². The highest BCUT2D eigenvalue weighted by Crippen LogP contribution is 2.38. The van der Waals surface area contributed by atoms with Gasteiger partial charge in [0, 0.05) is 12.5 Å². The molecule has 0 amide bonds. The summed E-state index contributed by atoms with van der Waals surface area (Å²) in [5.74, 6) is -1.59. The van der Waals surface area contributed by atoms with E-state index in [-0.39, 0.29) is 5.92 Å². The Bertz CT molecular complexity index is 591. The van der Waals surface area contributed by atoms with Crippen molar-refractivity contribution in [1.82, 2.24) is 0 Å². The number of nitrogens with zero attached hydrogens (tertiary/aromatic N) is 1. The smallest absolute Gasteiger partial charge is 0.244 e. The van der Waals surface area contributed by atoms with Crippen LogP contribution in [0.25, 0.3) is 0 Å². The molecule has 0 aromatic heterocycles. The zero-order valence-electron chi connectivity index (χ0n) is 10.7. The van der Waals surface area contributed by atoms with E-state index in [0.29, 0.717) is 0 Å². The van der Waals surface area contributed by atoms with Crippen molar-refractivity contribution in [3.05, 3.63) is 71.8 Å². The van der Waals surface area contributed by atoms with Gasteiger partial charge in [0.25, 0.3) is 0 Å². The van der Waals surface area contributed by atoms with E-state index in [9.17, 15) is 5.11 Å². The molecule has 1 aliphatic rings. The molecule has 0 aliphatic carbocycles. The number of aliphatic hydroxyl groups is 1. The average molecular weight is 253 g/mol. The fourth-order valence-electron chi connectivity index (χ4n) is 2.44. The highest BCUT2D eigenvalue weighted by atomic mass is 16.7. The molecule has 1 N–H and O–H groups in total. The molecule has 96 valence electrons. The van der Waals surface area contributed by atoms with Gasteiger partial charge in [0.1, 0.15) is 5.71 Å². The highest BCUT2D eigenvalue weighted by Gasteiger charge is 2.44. The van der Waals surface area contributed by atoms with Crippen molar-refractivity contribution in [2.45, 2.75) is 18.6 Å². The summed E-state index contributed by atoms with van der Waals surface area (Å²) in [4.78, 5) is 5.22. The first-order valence-corrected chi connectivity index (χ1v) is 6.27. The van der Waals surface area contributed by atoms with E-state index < -0.39 is 5.79 Å². The first-order valence-electron chi connectivity index (χ1n) is 6.27. The molecule has 3 rings (SSSR count). The Balaban J connectivity index is 2.06. The van der Waals surface area contributed by atoms with Crippen LogP contribution in [-0.4, -0.2) is 16.6 Å². The molecule has 0 unspecified atom stereocenters. The van der Waals surface area contributed by atoms with Crippen LogP contribution in [0.2, 0.25) is 0 Å². The molecule has 2 aromatic carbocycles. The molecule has 3 nitrogen and oxygen atoms in total. The van der Waals surface area contributed by atoms with Crippen molar-refractivity contribution >= 4 is 5.71 Å². The SMILES string of the molecule is C[C@@]1(O)ON=C(c2ccccc2)[C@H]1c1ccccc1. The lowest BCUT2D eigenvalue weighted by molar-refractivity contribution is -0.179. The van der Waals surface area contributed by atoms with Gasteiger partial charge in [0.15, 0.2) is 0 Å². The summed E-state index contributed by atoms with van der Waals surface area (Å²) in [6.07, 6.45) is 0. The van der Waals surface area contributed by atoms with Crippen molar-refractivity contribution in [3.8, 4) is 0 Å².